The monoisotopic (exact) mass is 408 g/mol. The summed E-state index contributed by atoms with van der Waals surface area (Å²) in [4.78, 5) is 11.1. The van der Waals surface area contributed by atoms with Crippen molar-refractivity contribution in [3.05, 3.63) is 0 Å². The highest BCUT2D eigenvalue weighted by Gasteiger charge is 2.59. The maximum absolute atomic E-state index is 12.4. The quantitative estimate of drug-likeness (QED) is 0.452. The number of alkyl halides is 3. The lowest BCUT2D eigenvalue weighted by Crippen LogP contribution is -2.55. The van der Waals surface area contributed by atoms with Gasteiger partial charge in [0.2, 0.25) is 0 Å². The van der Waals surface area contributed by atoms with Crippen LogP contribution in [-0.4, -0.2) is 63.7 Å². The summed E-state index contributed by atoms with van der Waals surface area (Å²) in [5, 5.41) is 0. The second kappa shape index (κ2) is 9.34. The van der Waals surface area contributed by atoms with Gasteiger partial charge in [-0.05, 0) is 12.6 Å². The van der Waals surface area contributed by atoms with Crippen molar-refractivity contribution < 1.29 is 46.1 Å². The Kier molecular flexibility index (Phi) is 7.30. The van der Waals surface area contributed by atoms with E-state index in [0.29, 0.717) is 6.32 Å². The molecule has 0 bridgehead atoms. The SMILES string of the molecule is CCCCB1O[C@H]2O[C@H]3[C@H](OB(CCCC)O[C@@H]3COC(=O)C(F)(F)F)[C@H]2O1. The van der Waals surface area contributed by atoms with E-state index in [0.717, 1.165) is 32.0 Å². The van der Waals surface area contributed by atoms with Gasteiger partial charge in [0.05, 0.1) is 0 Å². The molecule has 0 aromatic carbocycles. The zero-order valence-electron chi connectivity index (χ0n) is 16.0. The summed E-state index contributed by atoms with van der Waals surface area (Å²) in [5.74, 6) is -2.26. The van der Waals surface area contributed by atoms with Crippen LogP contribution in [0.5, 0.6) is 0 Å². The molecule has 0 saturated carbocycles. The average molecular weight is 408 g/mol. The van der Waals surface area contributed by atoms with Gasteiger partial charge >= 0.3 is 26.4 Å². The van der Waals surface area contributed by atoms with Crippen molar-refractivity contribution in [2.24, 2.45) is 0 Å². The predicted octanol–water partition coefficient (Wildman–Crippen LogP) is 2.59. The highest BCUT2D eigenvalue weighted by atomic mass is 19.4. The van der Waals surface area contributed by atoms with Crippen LogP contribution < -0.4 is 0 Å². The molecule has 0 radical (unpaired) electrons. The van der Waals surface area contributed by atoms with Crippen LogP contribution in [0.25, 0.3) is 0 Å². The molecule has 3 fully saturated rings. The van der Waals surface area contributed by atoms with Gasteiger partial charge in [-0.3, -0.25) is 0 Å². The van der Waals surface area contributed by atoms with E-state index in [4.69, 9.17) is 23.4 Å². The molecule has 0 aromatic heterocycles. The van der Waals surface area contributed by atoms with Crippen LogP contribution in [-0.2, 0) is 32.9 Å². The maximum Gasteiger partial charge on any atom is 0.490 e. The van der Waals surface area contributed by atoms with Crippen LogP contribution in [0.2, 0.25) is 12.6 Å². The Hall–Kier alpha value is -0.810. The van der Waals surface area contributed by atoms with Gasteiger partial charge in [-0.25, -0.2) is 4.79 Å². The minimum atomic E-state index is -5.06. The van der Waals surface area contributed by atoms with E-state index in [1.54, 1.807) is 0 Å². The molecule has 3 heterocycles. The average Bonchev–Trinajstić information content (AvgIpc) is 3.19. The van der Waals surface area contributed by atoms with E-state index < -0.39 is 63.7 Å². The number of esters is 1. The Balaban J connectivity index is 1.64. The van der Waals surface area contributed by atoms with E-state index in [1.807, 2.05) is 6.92 Å². The number of hydrogen-bond donors (Lipinski definition) is 0. The molecule has 3 aliphatic heterocycles. The Morgan fingerprint density at radius 3 is 2.14 bits per heavy atom. The number of halogens is 3. The molecule has 3 aliphatic rings. The number of ether oxygens (including phenoxy) is 2. The van der Waals surface area contributed by atoms with Gasteiger partial charge in [-0.2, -0.15) is 13.2 Å². The fourth-order valence-electron chi connectivity index (χ4n) is 3.58. The number of carbonyl (C=O) groups is 1. The van der Waals surface area contributed by atoms with Gasteiger partial charge in [-0.1, -0.05) is 39.5 Å². The molecular formula is C16H25B2F3O7. The van der Waals surface area contributed by atoms with Crippen molar-refractivity contribution in [2.75, 3.05) is 6.61 Å². The first-order valence-corrected chi connectivity index (χ1v) is 9.84. The Morgan fingerprint density at radius 1 is 0.929 bits per heavy atom. The Labute approximate surface area is 162 Å². The third-order valence-corrected chi connectivity index (χ3v) is 5.00. The lowest BCUT2D eigenvalue weighted by molar-refractivity contribution is -0.206. The molecule has 0 spiro atoms. The zero-order valence-corrected chi connectivity index (χ0v) is 16.0. The molecule has 0 aliphatic carbocycles. The van der Waals surface area contributed by atoms with E-state index in [1.165, 1.54) is 0 Å². The smallest absolute Gasteiger partial charge is 0.456 e. The highest BCUT2D eigenvalue weighted by molar-refractivity contribution is 6.45. The fraction of sp³-hybridized carbons (Fsp3) is 0.938. The van der Waals surface area contributed by atoms with Crippen molar-refractivity contribution in [3.8, 4) is 0 Å². The molecule has 0 amide bonds. The van der Waals surface area contributed by atoms with E-state index in [9.17, 15) is 18.0 Å². The number of carbonyl (C=O) groups excluding carboxylic acids is 1. The summed E-state index contributed by atoms with van der Waals surface area (Å²) in [6, 6.07) is 0. The van der Waals surface area contributed by atoms with Gasteiger partial charge in [0.25, 0.3) is 0 Å². The van der Waals surface area contributed by atoms with E-state index >= 15 is 0 Å². The Bertz CT molecular complexity index is 539. The molecule has 0 aromatic rings. The first-order chi connectivity index (χ1) is 13.3. The standard InChI is InChI=1S/C16H25B2F3O7/c1-3-5-7-17-25-10(9-23-15(22)16(19,20)21)11-12(26-17)13-14(24-11)28-18(27-13)8-6-4-2/h10-14H,3-9H2,1-2H3/t10-,11-,12+,13-,14-/m1/s1. The first kappa shape index (κ1) is 21.9. The van der Waals surface area contributed by atoms with Crippen LogP contribution in [0.1, 0.15) is 39.5 Å². The van der Waals surface area contributed by atoms with Gasteiger partial charge < -0.3 is 28.1 Å². The summed E-state index contributed by atoms with van der Waals surface area (Å²) in [6.45, 7) is 3.49. The molecule has 28 heavy (non-hydrogen) atoms. The number of hydrogen-bond acceptors (Lipinski definition) is 7. The predicted molar refractivity (Wildman–Crippen MR) is 92.3 cm³/mol. The van der Waals surface area contributed by atoms with Gasteiger partial charge in [-0.15, -0.1) is 0 Å². The second-order valence-corrected chi connectivity index (χ2v) is 7.22. The summed E-state index contributed by atoms with van der Waals surface area (Å²) in [6.07, 6.45) is -3.42. The number of unbranched alkanes of at least 4 members (excludes halogenated alkanes) is 2. The van der Waals surface area contributed by atoms with E-state index in [2.05, 4.69) is 11.7 Å². The minimum absolute atomic E-state index is 0.391. The number of rotatable bonds is 8. The molecular weight excluding hydrogens is 383 g/mol. The van der Waals surface area contributed by atoms with Crippen LogP contribution in [0.3, 0.4) is 0 Å². The Morgan fingerprint density at radius 2 is 1.54 bits per heavy atom. The van der Waals surface area contributed by atoms with Crippen molar-refractivity contribution >= 4 is 20.2 Å². The van der Waals surface area contributed by atoms with Crippen molar-refractivity contribution in [3.63, 3.8) is 0 Å². The second-order valence-electron chi connectivity index (χ2n) is 7.22. The van der Waals surface area contributed by atoms with Gasteiger partial charge in [0, 0.05) is 0 Å². The van der Waals surface area contributed by atoms with E-state index in [-0.39, 0.29) is 0 Å². The lowest BCUT2D eigenvalue weighted by atomic mass is 9.78. The summed E-state index contributed by atoms with van der Waals surface area (Å²) < 4.78 is 70.9. The summed E-state index contributed by atoms with van der Waals surface area (Å²) in [7, 11) is -1.02. The van der Waals surface area contributed by atoms with Gasteiger partial charge in [0.1, 0.15) is 31.0 Å². The number of fused-ring (bicyclic) bond motifs is 3. The highest BCUT2D eigenvalue weighted by Crippen LogP contribution is 2.39. The van der Waals surface area contributed by atoms with Gasteiger partial charge in [0.15, 0.2) is 6.29 Å². The van der Waals surface area contributed by atoms with Crippen LogP contribution in [0, 0.1) is 0 Å². The fourth-order valence-corrected chi connectivity index (χ4v) is 3.58. The summed E-state index contributed by atoms with van der Waals surface area (Å²) in [5.41, 5.74) is 0. The van der Waals surface area contributed by atoms with Crippen LogP contribution >= 0.6 is 0 Å². The lowest BCUT2D eigenvalue weighted by Gasteiger charge is -2.37. The first-order valence-electron chi connectivity index (χ1n) is 9.84. The third kappa shape index (κ3) is 5.02. The van der Waals surface area contributed by atoms with Crippen molar-refractivity contribution in [1.29, 1.82) is 0 Å². The molecule has 0 unspecified atom stereocenters. The molecule has 7 nitrogen and oxygen atoms in total. The van der Waals surface area contributed by atoms with Crippen LogP contribution in [0.4, 0.5) is 13.2 Å². The van der Waals surface area contributed by atoms with Crippen molar-refractivity contribution in [2.45, 2.75) is 89.1 Å². The molecule has 3 rings (SSSR count). The topological polar surface area (TPSA) is 72.5 Å². The molecule has 5 atom stereocenters. The summed E-state index contributed by atoms with van der Waals surface area (Å²) >= 11 is 0. The normalized spacial score (nSPS) is 32.4. The minimum Gasteiger partial charge on any atom is -0.456 e. The van der Waals surface area contributed by atoms with Crippen LogP contribution in [0.15, 0.2) is 0 Å². The molecule has 158 valence electrons. The van der Waals surface area contributed by atoms with Crippen molar-refractivity contribution in [1.82, 2.24) is 0 Å². The molecule has 3 saturated heterocycles. The third-order valence-electron chi connectivity index (χ3n) is 5.00. The maximum atomic E-state index is 12.4. The zero-order chi connectivity index (χ0) is 20.3. The molecule has 0 N–H and O–H groups in total. The largest absolute Gasteiger partial charge is 0.490 e. The molecule has 12 heteroatoms.